The molecule has 4 nitrogen and oxygen atoms in total. The molecule has 0 bridgehead atoms. The molecule has 0 amide bonds. The first kappa shape index (κ1) is 14.6. The molecule has 4 heteroatoms. The normalized spacial score (nSPS) is 11.2. The van der Waals surface area contributed by atoms with E-state index in [1.54, 1.807) is 14.2 Å². The second kappa shape index (κ2) is 5.96. The Hall–Kier alpha value is -1.42. The van der Waals surface area contributed by atoms with E-state index in [0.29, 0.717) is 0 Å². The van der Waals surface area contributed by atoms with E-state index in [1.807, 2.05) is 25.2 Å². The van der Waals surface area contributed by atoms with E-state index in [9.17, 15) is 0 Å². The summed E-state index contributed by atoms with van der Waals surface area (Å²) in [5, 5.41) is 3.29. The van der Waals surface area contributed by atoms with Crippen LogP contribution in [0.1, 0.15) is 13.8 Å². The number of anilines is 1. The van der Waals surface area contributed by atoms with Crippen LogP contribution in [0.15, 0.2) is 18.2 Å². The van der Waals surface area contributed by atoms with Crippen molar-refractivity contribution in [3.8, 4) is 11.5 Å². The van der Waals surface area contributed by atoms with Gasteiger partial charge in [0.05, 0.1) is 19.9 Å². The van der Waals surface area contributed by atoms with Crippen molar-refractivity contribution in [1.29, 1.82) is 0 Å². The molecule has 0 fully saturated rings. The zero-order chi connectivity index (χ0) is 13.8. The van der Waals surface area contributed by atoms with Crippen LogP contribution >= 0.6 is 0 Å². The third-order valence-electron chi connectivity index (χ3n) is 3.11. The molecule has 0 aliphatic rings. The Balaban J connectivity index is 2.94. The Morgan fingerprint density at radius 1 is 1.22 bits per heavy atom. The molecule has 0 saturated carbocycles. The molecule has 102 valence electrons. The van der Waals surface area contributed by atoms with Crippen molar-refractivity contribution in [1.82, 2.24) is 5.32 Å². The summed E-state index contributed by atoms with van der Waals surface area (Å²) in [4.78, 5) is 2.18. The average Bonchev–Trinajstić information content (AvgIpc) is 2.37. The summed E-state index contributed by atoms with van der Waals surface area (Å²) in [6.45, 7) is 5.21. The predicted octanol–water partition coefficient (Wildman–Crippen LogP) is 2.14. The Kier molecular flexibility index (Phi) is 4.84. The lowest BCUT2D eigenvalue weighted by atomic mass is 10.1. The van der Waals surface area contributed by atoms with Crippen LogP contribution < -0.4 is 19.7 Å². The largest absolute Gasteiger partial charge is 0.497 e. The first-order valence-corrected chi connectivity index (χ1v) is 6.05. The summed E-state index contributed by atoms with van der Waals surface area (Å²) in [5.41, 5.74) is 1.10. The maximum atomic E-state index is 5.42. The Bertz CT molecular complexity index is 391. The van der Waals surface area contributed by atoms with Crippen molar-refractivity contribution in [2.75, 3.05) is 39.8 Å². The Labute approximate surface area is 110 Å². The molecule has 0 saturated heterocycles. The highest BCUT2D eigenvalue weighted by atomic mass is 16.5. The van der Waals surface area contributed by atoms with Gasteiger partial charge in [-0.25, -0.2) is 0 Å². The molecule has 0 unspecified atom stereocenters. The van der Waals surface area contributed by atoms with E-state index in [1.165, 1.54) is 0 Å². The standard InChI is InChI=1S/C14H24N2O2/c1-14(2,15-3)10-16(4)12-8-7-11(17-5)9-13(12)18-6/h7-9,15H,10H2,1-6H3. The fraction of sp³-hybridized carbons (Fsp3) is 0.571. The smallest absolute Gasteiger partial charge is 0.145 e. The van der Waals surface area contributed by atoms with Crippen LogP contribution in [0.2, 0.25) is 0 Å². The molecule has 0 radical (unpaired) electrons. The lowest BCUT2D eigenvalue weighted by Gasteiger charge is -2.32. The first-order valence-electron chi connectivity index (χ1n) is 6.05. The molecule has 1 aromatic rings. The van der Waals surface area contributed by atoms with Crippen LogP contribution in [-0.4, -0.2) is 40.4 Å². The molecule has 1 aromatic carbocycles. The third kappa shape index (κ3) is 3.53. The SMILES string of the molecule is CNC(C)(C)CN(C)c1ccc(OC)cc1OC. The summed E-state index contributed by atoms with van der Waals surface area (Å²) in [6.07, 6.45) is 0. The third-order valence-corrected chi connectivity index (χ3v) is 3.11. The number of likely N-dealkylation sites (N-methyl/N-ethyl adjacent to an activating group) is 2. The van der Waals surface area contributed by atoms with Crippen LogP contribution in [0.4, 0.5) is 5.69 Å². The first-order chi connectivity index (χ1) is 8.43. The van der Waals surface area contributed by atoms with Gasteiger partial charge in [-0.05, 0) is 33.0 Å². The minimum absolute atomic E-state index is 0.0414. The van der Waals surface area contributed by atoms with Crippen molar-refractivity contribution in [2.24, 2.45) is 0 Å². The molecule has 0 spiro atoms. The molecule has 1 N–H and O–H groups in total. The molecule has 18 heavy (non-hydrogen) atoms. The highest BCUT2D eigenvalue weighted by molar-refractivity contribution is 5.60. The Morgan fingerprint density at radius 3 is 2.39 bits per heavy atom. The second-order valence-corrected chi connectivity index (χ2v) is 5.03. The number of methoxy groups -OCH3 is 2. The molecular formula is C14H24N2O2. The summed E-state index contributed by atoms with van der Waals surface area (Å²) in [7, 11) is 7.36. The lowest BCUT2D eigenvalue weighted by molar-refractivity contribution is 0.391. The number of hydrogen-bond acceptors (Lipinski definition) is 4. The average molecular weight is 252 g/mol. The number of rotatable bonds is 6. The van der Waals surface area contributed by atoms with Gasteiger partial charge in [0, 0.05) is 25.2 Å². The molecule has 0 aromatic heterocycles. The van der Waals surface area contributed by atoms with Gasteiger partial charge in [0.25, 0.3) is 0 Å². The van der Waals surface area contributed by atoms with Gasteiger partial charge in [-0.2, -0.15) is 0 Å². The topological polar surface area (TPSA) is 33.7 Å². The van der Waals surface area contributed by atoms with Crippen LogP contribution in [0.3, 0.4) is 0 Å². The van der Waals surface area contributed by atoms with Gasteiger partial charge in [-0.3, -0.25) is 0 Å². The molecule has 0 aliphatic carbocycles. The Morgan fingerprint density at radius 2 is 1.89 bits per heavy atom. The maximum Gasteiger partial charge on any atom is 0.145 e. The number of hydrogen-bond donors (Lipinski definition) is 1. The van der Waals surface area contributed by atoms with Gasteiger partial charge in [0.1, 0.15) is 11.5 Å². The van der Waals surface area contributed by atoms with Crippen LogP contribution in [-0.2, 0) is 0 Å². The van der Waals surface area contributed by atoms with Crippen molar-refractivity contribution in [3.63, 3.8) is 0 Å². The second-order valence-electron chi connectivity index (χ2n) is 5.03. The van der Waals surface area contributed by atoms with Crippen LogP contribution in [0.5, 0.6) is 11.5 Å². The van der Waals surface area contributed by atoms with Crippen molar-refractivity contribution < 1.29 is 9.47 Å². The minimum atomic E-state index is 0.0414. The van der Waals surface area contributed by atoms with E-state index < -0.39 is 0 Å². The van der Waals surface area contributed by atoms with Gasteiger partial charge in [0.15, 0.2) is 0 Å². The van der Waals surface area contributed by atoms with E-state index in [2.05, 4.69) is 31.1 Å². The molecule has 0 atom stereocenters. The monoisotopic (exact) mass is 252 g/mol. The zero-order valence-electron chi connectivity index (χ0n) is 12.2. The highest BCUT2D eigenvalue weighted by Gasteiger charge is 2.19. The van der Waals surface area contributed by atoms with Crippen molar-refractivity contribution in [2.45, 2.75) is 19.4 Å². The number of benzene rings is 1. The minimum Gasteiger partial charge on any atom is -0.497 e. The molecule has 1 rings (SSSR count). The summed E-state index contributed by atoms with van der Waals surface area (Å²) >= 11 is 0. The van der Waals surface area contributed by atoms with E-state index in [4.69, 9.17) is 9.47 Å². The molecule has 0 heterocycles. The summed E-state index contributed by atoms with van der Waals surface area (Å²) in [6, 6.07) is 5.86. The van der Waals surface area contributed by atoms with Crippen LogP contribution in [0.25, 0.3) is 0 Å². The fourth-order valence-corrected chi connectivity index (χ4v) is 1.86. The summed E-state index contributed by atoms with van der Waals surface area (Å²) in [5.74, 6) is 1.63. The maximum absolute atomic E-state index is 5.42. The van der Waals surface area contributed by atoms with Crippen molar-refractivity contribution >= 4 is 5.69 Å². The quantitative estimate of drug-likeness (QED) is 0.841. The fourth-order valence-electron chi connectivity index (χ4n) is 1.86. The number of nitrogens with zero attached hydrogens (tertiary/aromatic N) is 1. The van der Waals surface area contributed by atoms with E-state index in [-0.39, 0.29) is 5.54 Å². The van der Waals surface area contributed by atoms with E-state index >= 15 is 0 Å². The highest BCUT2D eigenvalue weighted by Crippen LogP contribution is 2.32. The van der Waals surface area contributed by atoms with E-state index in [0.717, 1.165) is 23.7 Å². The van der Waals surface area contributed by atoms with Gasteiger partial charge in [0.2, 0.25) is 0 Å². The number of ether oxygens (including phenoxy) is 2. The van der Waals surface area contributed by atoms with Gasteiger partial charge >= 0.3 is 0 Å². The van der Waals surface area contributed by atoms with Gasteiger partial charge in [-0.15, -0.1) is 0 Å². The lowest BCUT2D eigenvalue weighted by Crippen LogP contribution is -2.46. The van der Waals surface area contributed by atoms with Gasteiger partial charge < -0.3 is 19.7 Å². The zero-order valence-corrected chi connectivity index (χ0v) is 12.2. The van der Waals surface area contributed by atoms with Crippen LogP contribution in [0, 0.1) is 0 Å². The molecular weight excluding hydrogens is 228 g/mol. The molecule has 0 aliphatic heterocycles. The van der Waals surface area contributed by atoms with Gasteiger partial charge in [-0.1, -0.05) is 0 Å². The predicted molar refractivity (Wildman–Crippen MR) is 76.0 cm³/mol. The number of nitrogens with one attached hydrogen (secondary N) is 1. The summed E-state index contributed by atoms with van der Waals surface area (Å²) < 4.78 is 10.6. The van der Waals surface area contributed by atoms with Crippen molar-refractivity contribution in [3.05, 3.63) is 18.2 Å².